The Balaban J connectivity index is 1.95. The molecule has 1 unspecified atom stereocenters. The Morgan fingerprint density at radius 1 is 0.958 bits per heavy atom. The first kappa shape index (κ1) is 18.1. The van der Waals surface area contributed by atoms with E-state index in [1.807, 2.05) is 32.9 Å². The van der Waals surface area contributed by atoms with Crippen molar-refractivity contribution in [1.29, 1.82) is 0 Å². The molecule has 0 spiro atoms. The average Bonchev–Trinajstić information content (AvgIpc) is 2.53. The molecule has 0 bridgehead atoms. The monoisotopic (exact) mass is 325 g/mol. The summed E-state index contributed by atoms with van der Waals surface area (Å²) < 4.78 is 5.68. The van der Waals surface area contributed by atoms with E-state index in [4.69, 9.17) is 4.74 Å². The number of aryl methyl sites for hydroxylation is 1. The Labute approximate surface area is 145 Å². The molecule has 24 heavy (non-hydrogen) atoms. The van der Waals surface area contributed by atoms with Crippen molar-refractivity contribution in [3.05, 3.63) is 54.1 Å². The molecule has 0 fully saturated rings. The molecule has 0 heterocycles. The lowest BCUT2D eigenvalue weighted by atomic mass is 10.0. The molecule has 1 N–H and O–H groups in total. The van der Waals surface area contributed by atoms with Gasteiger partial charge in [-0.05, 0) is 62.4 Å². The van der Waals surface area contributed by atoms with Crippen LogP contribution in [0.4, 0.5) is 0 Å². The van der Waals surface area contributed by atoms with Crippen molar-refractivity contribution in [3.63, 3.8) is 0 Å². The number of amides is 1. The lowest BCUT2D eigenvalue weighted by molar-refractivity contribution is -0.119. The number of rotatable bonds is 7. The van der Waals surface area contributed by atoms with Crippen molar-refractivity contribution < 1.29 is 9.53 Å². The molecule has 0 aliphatic heterocycles. The second-order valence-corrected chi connectivity index (χ2v) is 6.53. The maximum atomic E-state index is 11.0. The van der Waals surface area contributed by atoms with Crippen molar-refractivity contribution in [2.45, 2.75) is 52.7 Å². The highest BCUT2D eigenvalue weighted by molar-refractivity contribution is 5.73. The quantitative estimate of drug-likeness (QED) is 0.808. The van der Waals surface area contributed by atoms with Crippen LogP contribution >= 0.6 is 0 Å². The smallest absolute Gasteiger partial charge is 0.217 e. The highest BCUT2D eigenvalue weighted by atomic mass is 16.5. The SMILES string of the molecule is CC(=O)NC(C)CCc1ccc(-c2ccc(OC(C)C)cc2)cc1. The summed E-state index contributed by atoms with van der Waals surface area (Å²) in [5.41, 5.74) is 3.67. The van der Waals surface area contributed by atoms with E-state index in [1.165, 1.54) is 16.7 Å². The van der Waals surface area contributed by atoms with Crippen LogP contribution in [-0.2, 0) is 11.2 Å². The molecule has 3 heteroatoms. The highest BCUT2D eigenvalue weighted by Crippen LogP contribution is 2.23. The molecule has 0 saturated carbocycles. The van der Waals surface area contributed by atoms with E-state index in [2.05, 4.69) is 41.7 Å². The van der Waals surface area contributed by atoms with Gasteiger partial charge in [-0.3, -0.25) is 4.79 Å². The Hall–Kier alpha value is -2.29. The second kappa shape index (κ2) is 8.53. The molecule has 0 aromatic heterocycles. The van der Waals surface area contributed by atoms with Gasteiger partial charge in [-0.25, -0.2) is 0 Å². The fourth-order valence-corrected chi connectivity index (χ4v) is 2.66. The summed E-state index contributed by atoms with van der Waals surface area (Å²) in [6.07, 6.45) is 2.10. The standard InChI is InChI=1S/C21H27NO2/c1-15(2)24-21-13-11-20(12-14-21)19-9-7-18(8-10-19)6-5-16(3)22-17(4)23/h7-16H,5-6H2,1-4H3,(H,22,23). The molecule has 0 saturated heterocycles. The van der Waals surface area contributed by atoms with Crippen molar-refractivity contribution in [3.8, 4) is 16.9 Å². The van der Waals surface area contributed by atoms with E-state index in [9.17, 15) is 4.79 Å². The Bertz CT molecular complexity index is 645. The van der Waals surface area contributed by atoms with E-state index in [1.54, 1.807) is 6.92 Å². The van der Waals surface area contributed by atoms with Crippen LogP contribution in [0.5, 0.6) is 5.75 Å². The minimum absolute atomic E-state index is 0.0303. The summed E-state index contributed by atoms with van der Waals surface area (Å²) in [6.45, 7) is 7.65. The molecule has 0 aliphatic carbocycles. The minimum atomic E-state index is 0.0303. The van der Waals surface area contributed by atoms with Gasteiger partial charge in [0, 0.05) is 13.0 Å². The van der Waals surface area contributed by atoms with E-state index >= 15 is 0 Å². The third-order valence-electron chi connectivity index (χ3n) is 3.83. The van der Waals surface area contributed by atoms with Gasteiger partial charge in [-0.1, -0.05) is 36.4 Å². The van der Waals surface area contributed by atoms with Crippen LogP contribution in [0.15, 0.2) is 48.5 Å². The summed E-state index contributed by atoms with van der Waals surface area (Å²) >= 11 is 0. The summed E-state index contributed by atoms with van der Waals surface area (Å²) in [5.74, 6) is 0.931. The van der Waals surface area contributed by atoms with E-state index in [0.29, 0.717) is 0 Å². The zero-order valence-corrected chi connectivity index (χ0v) is 15.0. The van der Waals surface area contributed by atoms with E-state index < -0.39 is 0 Å². The largest absolute Gasteiger partial charge is 0.491 e. The topological polar surface area (TPSA) is 38.3 Å². The van der Waals surface area contributed by atoms with Gasteiger partial charge in [0.15, 0.2) is 0 Å². The zero-order valence-electron chi connectivity index (χ0n) is 15.0. The molecule has 1 amide bonds. The number of carbonyl (C=O) groups is 1. The van der Waals surface area contributed by atoms with Crippen LogP contribution in [0, 0.1) is 0 Å². The Kier molecular flexibility index (Phi) is 6.42. The maximum absolute atomic E-state index is 11.0. The molecular weight excluding hydrogens is 298 g/mol. The van der Waals surface area contributed by atoms with Gasteiger partial charge < -0.3 is 10.1 Å². The number of nitrogens with one attached hydrogen (secondary N) is 1. The maximum Gasteiger partial charge on any atom is 0.217 e. The van der Waals surface area contributed by atoms with Crippen molar-refractivity contribution >= 4 is 5.91 Å². The fraction of sp³-hybridized carbons (Fsp3) is 0.381. The molecule has 3 nitrogen and oxygen atoms in total. The summed E-state index contributed by atoms with van der Waals surface area (Å²) in [6, 6.07) is 17.0. The Morgan fingerprint density at radius 3 is 2.00 bits per heavy atom. The first-order valence-electron chi connectivity index (χ1n) is 8.57. The lowest BCUT2D eigenvalue weighted by Crippen LogP contribution is -2.30. The second-order valence-electron chi connectivity index (χ2n) is 6.53. The molecular formula is C21H27NO2. The highest BCUT2D eigenvalue weighted by Gasteiger charge is 2.05. The van der Waals surface area contributed by atoms with Gasteiger partial charge in [0.1, 0.15) is 5.75 Å². The van der Waals surface area contributed by atoms with Gasteiger partial charge in [0.25, 0.3) is 0 Å². The fourth-order valence-electron chi connectivity index (χ4n) is 2.66. The lowest BCUT2D eigenvalue weighted by Gasteiger charge is -2.12. The molecule has 0 aliphatic rings. The third-order valence-corrected chi connectivity index (χ3v) is 3.83. The zero-order chi connectivity index (χ0) is 17.5. The first-order chi connectivity index (χ1) is 11.4. The normalized spacial score (nSPS) is 12.0. The number of benzene rings is 2. The first-order valence-corrected chi connectivity index (χ1v) is 8.57. The van der Waals surface area contributed by atoms with Gasteiger partial charge >= 0.3 is 0 Å². The number of hydrogen-bond donors (Lipinski definition) is 1. The van der Waals surface area contributed by atoms with Crippen molar-refractivity contribution in [2.75, 3.05) is 0 Å². The third kappa shape index (κ3) is 5.73. The van der Waals surface area contributed by atoms with Crippen LogP contribution in [-0.4, -0.2) is 18.1 Å². The number of hydrogen-bond acceptors (Lipinski definition) is 2. The molecule has 2 rings (SSSR count). The summed E-state index contributed by atoms with van der Waals surface area (Å²) in [7, 11) is 0. The number of carbonyl (C=O) groups excluding carboxylic acids is 1. The average molecular weight is 325 g/mol. The van der Waals surface area contributed by atoms with Crippen molar-refractivity contribution in [2.24, 2.45) is 0 Å². The minimum Gasteiger partial charge on any atom is -0.491 e. The van der Waals surface area contributed by atoms with Gasteiger partial charge in [0.05, 0.1) is 6.10 Å². The van der Waals surface area contributed by atoms with Crippen LogP contribution in [0.1, 0.15) is 39.7 Å². The molecule has 2 aromatic carbocycles. The predicted octanol–water partition coefficient (Wildman–Crippen LogP) is 4.60. The molecule has 1 atom stereocenters. The predicted molar refractivity (Wildman–Crippen MR) is 99.2 cm³/mol. The van der Waals surface area contributed by atoms with E-state index in [-0.39, 0.29) is 18.1 Å². The van der Waals surface area contributed by atoms with Crippen LogP contribution in [0.2, 0.25) is 0 Å². The van der Waals surface area contributed by atoms with E-state index in [0.717, 1.165) is 18.6 Å². The van der Waals surface area contributed by atoms with Crippen molar-refractivity contribution in [1.82, 2.24) is 5.32 Å². The van der Waals surface area contributed by atoms with Crippen LogP contribution in [0.3, 0.4) is 0 Å². The van der Waals surface area contributed by atoms with Gasteiger partial charge in [-0.15, -0.1) is 0 Å². The number of ether oxygens (including phenoxy) is 1. The molecule has 0 radical (unpaired) electrons. The van der Waals surface area contributed by atoms with Crippen LogP contribution in [0.25, 0.3) is 11.1 Å². The van der Waals surface area contributed by atoms with Crippen LogP contribution < -0.4 is 10.1 Å². The molecule has 128 valence electrons. The van der Waals surface area contributed by atoms with Gasteiger partial charge in [0.2, 0.25) is 5.91 Å². The summed E-state index contributed by atoms with van der Waals surface area (Å²) in [5, 5.41) is 2.92. The summed E-state index contributed by atoms with van der Waals surface area (Å²) in [4.78, 5) is 11.0. The van der Waals surface area contributed by atoms with Gasteiger partial charge in [-0.2, -0.15) is 0 Å². The Morgan fingerprint density at radius 2 is 1.50 bits per heavy atom. The molecule has 2 aromatic rings.